The van der Waals surface area contributed by atoms with Gasteiger partial charge in [-0.15, -0.1) is 11.3 Å². The number of hydrogen-bond acceptors (Lipinski definition) is 3. The van der Waals surface area contributed by atoms with E-state index >= 15 is 0 Å². The van der Waals surface area contributed by atoms with Crippen LogP contribution in [0.3, 0.4) is 0 Å². The van der Waals surface area contributed by atoms with Crippen molar-refractivity contribution in [3.63, 3.8) is 0 Å². The molecule has 1 N–H and O–H groups in total. The molecule has 3 rings (SSSR count). The van der Waals surface area contributed by atoms with Crippen LogP contribution in [0.2, 0.25) is 0 Å². The number of nitrogens with zero attached hydrogens (tertiary/aromatic N) is 1. The Morgan fingerprint density at radius 1 is 1.21 bits per heavy atom. The quantitative estimate of drug-likeness (QED) is 0.887. The highest BCUT2D eigenvalue weighted by Gasteiger charge is 2.24. The first-order chi connectivity index (χ1) is 11.7. The van der Waals surface area contributed by atoms with E-state index in [9.17, 15) is 9.18 Å². The number of hydrogen-bond donors (Lipinski definition) is 1. The van der Waals surface area contributed by atoms with Crippen LogP contribution in [0, 0.1) is 11.7 Å². The van der Waals surface area contributed by atoms with E-state index in [0.717, 1.165) is 53.7 Å². The minimum absolute atomic E-state index is 0.125. The van der Waals surface area contributed by atoms with E-state index < -0.39 is 0 Å². The molecule has 1 amide bonds. The van der Waals surface area contributed by atoms with E-state index in [1.807, 2.05) is 24.1 Å². The molecule has 1 saturated heterocycles. The van der Waals surface area contributed by atoms with Crippen LogP contribution in [0.4, 0.5) is 4.39 Å². The van der Waals surface area contributed by atoms with Crippen molar-refractivity contribution in [1.82, 2.24) is 10.2 Å². The van der Waals surface area contributed by atoms with Crippen LogP contribution in [0.5, 0.6) is 0 Å². The van der Waals surface area contributed by atoms with Gasteiger partial charge in [0.05, 0.1) is 4.88 Å². The maximum Gasteiger partial charge on any atom is 0.263 e. The van der Waals surface area contributed by atoms with E-state index in [4.69, 9.17) is 0 Å². The first-order valence-electron chi connectivity index (χ1n) is 8.47. The predicted octanol–water partition coefficient (Wildman–Crippen LogP) is 4.02. The Hall–Kier alpha value is -1.72. The molecule has 1 aliphatic rings. The van der Waals surface area contributed by atoms with Gasteiger partial charge in [0.15, 0.2) is 0 Å². The standard InChI is InChI=1S/C19H23FN2OS/c1-21-11-8-14-9-12-22(13-10-14)19(23)18-7-6-17(24-18)15-2-4-16(20)5-3-15/h2-7,14,21H,8-13H2,1H3. The first kappa shape index (κ1) is 17.1. The molecular formula is C19H23FN2OS. The van der Waals surface area contributed by atoms with Crippen LogP contribution in [0.25, 0.3) is 10.4 Å². The summed E-state index contributed by atoms with van der Waals surface area (Å²) in [6, 6.07) is 10.2. The van der Waals surface area contributed by atoms with Crippen LogP contribution < -0.4 is 5.32 Å². The van der Waals surface area contributed by atoms with Gasteiger partial charge in [-0.2, -0.15) is 0 Å². The molecule has 0 bridgehead atoms. The fourth-order valence-corrected chi connectivity index (χ4v) is 4.13. The summed E-state index contributed by atoms with van der Waals surface area (Å²) in [6.45, 7) is 2.73. The normalized spacial score (nSPS) is 15.7. The molecule has 3 nitrogen and oxygen atoms in total. The second-order valence-corrected chi connectivity index (χ2v) is 7.38. The van der Waals surface area contributed by atoms with Crippen molar-refractivity contribution in [2.75, 3.05) is 26.7 Å². The fourth-order valence-electron chi connectivity index (χ4n) is 3.15. The molecule has 0 radical (unpaired) electrons. The van der Waals surface area contributed by atoms with Gasteiger partial charge < -0.3 is 10.2 Å². The third-order valence-corrected chi connectivity index (χ3v) is 5.77. The van der Waals surface area contributed by atoms with Gasteiger partial charge in [-0.1, -0.05) is 12.1 Å². The van der Waals surface area contributed by atoms with E-state index in [1.54, 1.807) is 12.1 Å². The molecule has 1 fully saturated rings. The summed E-state index contributed by atoms with van der Waals surface area (Å²) < 4.78 is 13.0. The zero-order valence-corrected chi connectivity index (χ0v) is 14.7. The number of likely N-dealkylation sites (tertiary alicyclic amines) is 1. The highest BCUT2D eigenvalue weighted by Crippen LogP contribution is 2.30. The molecule has 1 aromatic heterocycles. The average Bonchev–Trinajstić information content (AvgIpc) is 3.10. The molecule has 24 heavy (non-hydrogen) atoms. The van der Waals surface area contributed by atoms with Crippen molar-refractivity contribution in [1.29, 1.82) is 0 Å². The molecule has 5 heteroatoms. The fraction of sp³-hybridized carbons (Fsp3) is 0.421. The highest BCUT2D eigenvalue weighted by atomic mass is 32.1. The van der Waals surface area contributed by atoms with E-state index in [2.05, 4.69) is 5.32 Å². The number of carbonyl (C=O) groups excluding carboxylic acids is 1. The molecule has 128 valence electrons. The Morgan fingerprint density at radius 3 is 2.58 bits per heavy atom. The Labute approximate surface area is 146 Å². The summed E-state index contributed by atoms with van der Waals surface area (Å²) >= 11 is 1.48. The minimum Gasteiger partial charge on any atom is -0.338 e. The topological polar surface area (TPSA) is 32.3 Å². The molecular weight excluding hydrogens is 323 g/mol. The lowest BCUT2D eigenvalue weighted by molar-refractivity contribution is 0.0692. The number of thiophene rings is 1. The minimum atomic E-state index is -0.243. The number of piperidine rings is 1. The lowest BCUT2D eigenvalue weighted by Crippen LogP contribution is -2.38. The van der Waals surface area contributed by atoms with Crippen molar-refractivity contribution in [2.45, 2.75) is 19.3 Å². The van der Waals surface area contributed by atoms with Crippen molar-refractivity contribution in [3.05, 3.63) is 47.1 Å². The van der Waals surface area contributed by atoms with Gasteiger partial charge in [-0.25, -0.2) is 4.39 Å². The second kappa shape index (κ2) is 7.90. The average molecular weight is 346 g/mol. The number of carbonyl (C=O) groups is 1. The summed E-state index contributed by atoms with van der Waals surface area (Å²) in [5, 5.41) is 3.19. The van der Waals surface area contributed by atoms with Gasteiger partial charge in [0.2, 0.25) is 0 Å². The molecule has 2 heterocycles. The number of halogens is 1. The number of nitrogens with one attached hydrogen (secondary N) is 1. The smallest absolute Gasteiger partial charge is 0.263 e. The number of amides is 1. The van der Waals surface area contributed by atoms with Crippen molar-refractivity contribution in [3.8, 4) is 10.4 Å². The summed E-state index contributed by atoms with van der Waals surface area (Å²) in [5.41, 5.74) is 0.950. The van der Waals surface area contributed by atoms with Crippen molar-refractivity contribution >= 4 is 17.2 Å². The van der Waals surface area contributed by atoms with E-state index in [0.29, 0.717) is 0 Å². The number of benzene rings is 1. The van der Waals surface area contributed by atoms with Gasteiger partial charge in [0, 0.05) is 18.0 Å². The monoisotopic (exact) mass is 346 g/mol. The van der Waals surface area contributed by atoms with Gasteiger partial charge >= 0.3 is 0 Å². The molecule has 0 atom stereocenters. The van der Waals surface area contributed by atoms with Gasteiger partial charge in [-0.3, -0.25) is 4.79 Å². The van der Waals surface area contributed by atoms with Crippen molar-refractivity contribution < 1.29 is 9.18 Å². The SMILES string of the molecule is CNCCC1CCN(C(=O)c2ccc(-c3ccc(F)cc3)s2)CC1. The Kier molecular flexibility index (Phi) is 5.63. The highest BCUT2D eigenvalue weighted by molar-refractivity contribution is 7.17. The lowest BCUT2D eigenvalue weighted by atomic mass is 9.93. The van der Waals surface area contributed by atoms with E-state index in [-0.39, 0.29) is 11.7 Å². The largest absolute Gasteiger partial charge is 0.338 e. The van der Waals surface area contributed by atoms with Gasteiger partial charge in [0.1, 0.15) is 5.82 Å². The van der Waals surface area contributed by atoms with Crippen LogP contribution in [-0.4, -0.2) is 37.5 Å². The van der Waals surface area contributed by atoms with Gasteiger partial charge in [-0.05, 0) is 68.6 Å². The number of rotatable bonds is 5. The third-order valence-electron chi connectivity index (χ3n) is 4.65. The molecule has 1 aliphatic heterocycles. The maximum atomic E-state index is 13.0. The van der Waals surface area contributed by atoms with Crippen LogP contribution >= 0.6 is 11.3 Å². The Bertz CT molecular complexity index is 675. The van der Waals surface area contributed by atoms with Crippen LogP contribution in [-0.2, 0) is 0 Å². The summed E-state index contributed by atoms with van der Waals surface area (Å²) in [6.07, 6.45) is 3.36. The molecule has 0 spiro atoms. The summed E-state index contributed by atoms with van der Waals surface area (Å²) in [7, 11) is 1.98. The maximum absolute atomic E-state index is 13.0. The molecule has 1 aromatic carbocycles. The van der Waals surface area contributed by atoms with E-state index in [1.165, 1.54) is 29.9 Å². The summed E-state index contributed by atoms with van der Waals surface area (Å²) in [5.74, 6) is 0.604. The van der Waals surface area contributed by atoms with Crippen LogP contribution in [0.15, 0.2) is 36.4 Å². The van der Waals surface area contributed by atoms with Crippen molar-refractivity contribution in [2.24, 2.45) is 5.92 Å². The predicted molar refractivity (Wildman–Crippen MR) is 96.9 cm³/mol. The van der Waals surface area contributed by atoms with Crippen LogP contribution in [0.1, 0.15) is 28.9 Å². The third kappa shape index (κ3) is 4.02. The summed E-state index contributed by atoms with van der Waals surface area (Å²) in [4.78, 5) is 16.4. The Balaban J connectivity index is 1.61. The Morgan fingerprint density at radius 2 is 1.92 bits per heavy atom. The zero-order valence-electron chi connectivity index (χ0n) is 13.9. The molecule has 0 saturated carbocycles. The molecule has 0 unspecified atom stereocenters. The zero-order chi connectivity index (χ0) is 16.9. The van der Waals surface area contributed by atoms with Gasteiger partial charge in [0.25, 0.3) is 5.91 Å². The molecule has 2 aromatic rings. The first-order valence-corrected chi connectivity index (χ1v) is 9.28. The lowest BCUT2D eigenvalue weighted by Gasteiger charge is -2.31. The molecule has 0 aliphatic carbocycles. The second-order valence-electron chi connectivity index (χ2n) is 6.30.